The molecule has 24 heavy (non-hydrogen) atoms. The van der Waals surface area contributed by atoms with Crippen molar-refractivity contribution in [2.75, 3.05) is 30.3 Å². The van der Waals surface area contributed by atoms with Crippen LogP contribution >= 0.6 is 11.8 Å². The Hall–Kier alpha value is -1.49. The van der Waals surface area contributed by atoms with Gasteiger partial charge in [0.15, 0.2) is 0 Å². The van der Waals surface area contributed by atoms with Crippen molar-refractivity contribution in [1.29, 1.82) is 0 Å². The van der Waals surface area contributed by atoms with E-state index >= 15 is 0 Å². The average Bonchev–Trinajstić information content (AvgIpc) is 2.83. The van der Waals surface area contributed by atoms with Gasteiger partial charge in [-0.05, 0) is 37.1 Å². The highest BCUT2D eigenvalue weighted by atomic mass is 32.2. The van der Waals surface area contributed by atoms with Crippen molar-refractivity contribution >= 4 is 29.3 Å². The van der Waals surface area contributed by atoms with E-state index in [0.717, 1.165) is 37.2 Å². The van der Waals surface area contributed by atoms with Crippen LogP contribution in [0.4, 0.5) is 5.69 Å². The number of rotatable bonds is 2. The van der Waals surface area contributed by atoms with Crippen LogP contribution in [0.25, 0.3) is 0 Å². The number of nitrogens with zero attached hydrogens (tertiary/aromatic N) is 2. The van der Waals surface area contributed by atoms with Crippen molar-refractivity contribution in [1.82, 2.24) is 4.90 Å². The van der Waals surface area contributed by atoms with E-state index in [1.807, 2.05) is 47.5 Å². The number of carbonyl (C=O) groups excluding carboxylic acids is 2. The Morgan fingerprint density at radius 1 is 1.12 bits per heavy atom. The largest absolute Gasteiger partial charge is 0.342 e. The fourth-order valence-corrected chi connectivity index (χ4v) is 4.48. The summed E-state index contributed by atoms with van der Waals surface area (Å²) >= 11 is 1.84. The maximum Gasteiger partial charge on any atom is 0.230 e. The zero-order chi connectivity index (χ0) is 17.1. The highest BCUT2D eigenvalue weighted by molar-refractivity contribution is 7.99. The summed E-state index contributed by atoms with van der Waals surface area (Å²) in [6.07, 6.45) is 2.59. The first kappa shape index (κ1) is 17.3. The molecule has 0 aromatic heterocycles. The highest BCUT2D eigenvalue weighted by Gasteiger charge is 2.32. The number of amides is 2. The van der Waals surface area contributed by atoms with Crippen molar-refractivity contribution < 1.29 is 9.59 Å². The number of fused-ring (bicyclic) bond motifs is 1. The smallest absolute Gasteiger partial charge is 0.230 e. The number of anilines is 1. The third-order valence-electron chi connectivity index (χ3n) is 4.86. The Balaban J connectivity index is 1.68. The van der Waals surface area contributed by atoms with Gasteiger partial charge < -0.3 is 9.80 Å². The first-order chi connectivity index (χ1) is 11.6. The molecule has 0 atom stereocenters. The lowest BCUT2D eigenvalue weighted by atomic mass is 9.94. The van der Waals surface area contributed by atoms with Crippen LogP contribution in [-0.4, -0.2) is 42.1 Å². The Kier molecular flexibility index (Phi) is 5.49. The molecule has 0 unspecified atom stereocenters. The van der Waals surface area contributed by atoms with E-state index in [9.17, 15) is 9.59 Å². The second kappa shape index (κ2) is 7.60. The molecule has 1 saturated heterocycles. The molecule has 1 fully saturated rings. The number of benzene rings is 1. The molecule has 0 spiro atoms. The number of piperidine rings is 1. The predicted octanol–water partition coefficient (Wildman–Crippen LogP) is 3.41. The van der Waals surface area contributed by atoms with Crippen LogP contribution in [0.15, 0.2) is 29.2 Å². The average molecular weight is 346 g/mol. The van der Waals surface area contributed by atoms with Crippen LogP contribution in [0.2, 0.25) is 0 Å². The van der Waals surface area contributed by atoms with Gasteiger partial charge in [0.1, 0.15) is 0 Å². The molecule has 5 heteroatoms. The van der Waals surface area contributed by atoms with Crippen LogP contribution in [0.3, 0.4) is 0 Å². The van der Waals surface area contributed by atoms with Gasteiger partial charge in [0.2, 0.25) is 11.8 Å². The molecule has 2 amide bonds. The Morgan fingerprint density at radius 2 is 1.83 bits per heavy atom. The SMILES string of the molecule is CC(C)C(=O)N1CCC(C(=O)N2CCCSc3ccccc32)CC1. The van der Waals surface area contributed by atoms with Crippen molar-refractivity contribution in [3.8, 4) is 0 Å². The molecular formula is C19H26N2O2S. The van der Waals surface area contributed by atoms with E-state index in [2.05, 4.69) is 12.1 Å². The lowest BCUT2D eigenvalue weighted by Gasteiger charge is -2.35. The minimum atomic E-state index is 0.0340. The molecule has 0 saturated carbocycles. The van der Waals surface area contributed by atoms with E-state index in [-0.39, 0.29) is 23.7 Å². The van der Waals surface area contributed by atoms with Crippen molar-refractivity contribution in [3.63, 3.8) is 0 Å². The first-order valence-corrected chi connectivity index (χ1v) is 9.88. The number of likely N-dealkylation sites (tertiary alicyclic amines) is 1. The zero-order valence-corrected chi connectivity index (χ0v) is 15.3. The molecule has 0 radical (unpaired) electrons. The van der Waals surface area contributed by atoms with E-state index in [0.29, 0.717) is 13.1 Å². The van der Waals surface area contributed by atoms with Gasteiger partial charge in [0, 0.05) is 36.4 Å². The van der Waals surface area contributed by atoms with E-state index in [4.69, 9.17) is 0 Å². The molecule has 3 rings (SSSR count). The number of thioether (sulfide) groups is 1. The zero-order valence-electron chi connectivity index (χ0n) is 14.5. The van der Waals surface area contributed by atoms with Crippen molar-refractivity contribution in [2.45, 2.75) is 38.0 Å². The van der Waals surface area contributed by atoms with Gasteiger partial charge >= 0.3 is 0 Å². The maximum absolute atomic E-state index is 13.1. The lowest BCUT2D eigenvalue weighted by molar-refractivity contribution is -0.137. The molecule has 2 aliphatic heterocycles. The molecule has 4 nitrogen and oxygen atoms in total. The van der Waals surface area contributed by atoms with E-state index in [1.54, 1.807) is 0 Å². The van der Waals surface area contributed by atoms with Gasteiger partial charge in [-0.1, -0.05) is 26.0 Å². The summed E-state index contributed by atoms with van der Waals surface area (Å²) in [5, 5.41) is 0. The third kappa shape index (κ3) is 3.61. The first-order valence-electron chi connectivity index (χ1n) is 8.90. The molecule has 2 aliphatic rings. The molecule has 1 aromatic rings. The van der Waals surface area contributed by atoms with E-state index < -0.39 is 0 Å². The van der Waals surface area contributed by atoms with Gasteiger partial charge in [-0.15, -0.1) is 11.8 Å². The van der Waals surface area contributed by atoms with Crippen molar-refractivity contribution in [3.05, 3.63) is 24.3 Å². The minimum Gasteiger partial charge on any atom is -0.342 e. The number of hydrogen-bond acceptors (Lipinski definition) is 3. The predicted molar refractivity (Wildman–Crippen MR) is 98.3 cm³/mol. The summed E-state index contributed by atoms with van der Waals surface area (Å²) in [7, 11) is 0. The summed E-state index contributed by atoms with van der Waals surface area (Å²) in [6, 6.07) is 8.21. The standard InChI is InChI=1S/C19H26N2O2S/c1-14(2)18(22)20-11-8-15(9-12-20)19(23)21-10-5-13-24-17-7-4-3-6-16(17)21/h3-4,6-7,14-15H,5,8-13H2,1-2H3. The molecule has 130 valence electrons. The summed E-state index contributed by atoms with van der Waals surface area (Å²) in [5.41, 5.74) is 1.06. The number of carbonyl (C=O) groups is 2. The normalized spacial score (nSPS) is 19.1. The van der Waals surface area contributed by atoms with Crippen LogP contribution in [0.1, 0.15) is 33.1 Å². The number of hydrogen-bond donors (Lipinski definition) is 0. The second-order valence-corrected chi connectivity index (χ2v) is 8.05. The molecular weight excluding hydrogens is 320 g/mol. The Labute approximate surface area is 148 Å². The number of para-hydroxylation sites is 1. The fourth-order valence-electron chi connectivity index (χ4n) is 3.49. The Morgan fingerprint density at radius 3 is 2.54 bits per heavy atom. The minimum absolute atomic E-state index is 0.0340. The summed E-state index contributed by atoms with van der Waals surface area (Å²) in [5.74, 6) is 1.57. The maximum atomic E-state index is 13.1. The molecule has 0 N–H and O–H groups in total. The fraction of sp³-hybridized carbons (Fsp3) is 0.579. The molecule has 0 aliphatic carbocycles. The van der Waals surface area contributed by atoms with Gasteiger partial charge in [0.25, 0.3) is 0 Å². The van der Waals surface area contributed by atoms with Crippen LogP contribution in [0.5, 0.6) is 0 Å². The molecule has 2 heterocycles. The van der Waals surface area contributed by atoms with Gasteiger partial charge in [-0.3, -0.25) is 9.59 Å². The van der Waals surface area contributed by atoms with Crippen LogP contribution < -0.4 is 4.90 Å². The van der Waals surface area contributed by atoms with E-state index in [1.165, 1.54) is 4.90 Å². The van der Waals surface area contributed by atoms with Gasteiger partial charge in [0.05, 0.1) is 5.69 Å². The highest BCUT2D eigenvalue weighted by Crippen LogP contribution is 2.35. The topological polar surface area (TPSA) is 40.6 Å². The van der Waals surface area contributed by atoms with Crippen molar-refractivity contribution in [2.24, 2.45) is 11.8 Å². The summed E-state index contributed by atoms with van der Waals surface area (Å²) in [4.78, 5) is 30.3. The lowest BCUT2D eigenvalue weighted by Crippen LogP contribution is -2.45. The summed E-state index contributed by atoms with van der Waals surface area (Å²) in [6.45, 7) is 6.08. The summed E-state index contributed by atoms with van der Waals surface area (Å²) < 4.78 is 0. The molecule has 0 bridgehead atoms. The van der Waals surface area contributed by atoms with Crippen LogP contribution in [0, 0.1) is 11.8 Å². The third-order valence-corrected chi connectivity index (χ3v) is 6.00. The van der Waals surface area contributed by atoms with Gasteiger partial charge in [-0.25, -0.2) is 0 Å². The molecule has 1 aromatic carbocycles. The second-order valence-electron chi connectivity index (χ2n) is 6.91. The Bertz CT molecular complexity index is 609. The van der Waals surface area contributed by atoms with Gasteiger partial charge in [-0.2, -0.15) is 0 Å². The van der Waals surface area contributed by atoms with Crippen LogP contribution in [-0.2, 0) is 9.59 Å². The quantitative estimate of drug-likeness (QED) is 0.824. The monoisotopic (exact) mass is 346 g/mol.